The van der Waals surface area contributed by atoms with Gasteiger partial charge in [-0.1, -0.05) is 48.5 Å². The third kappa shape index (κ3) is 4.88. The number of hydrogen-bond acceptors (Lipinski definition) is 2. The van der Waals surface area contributed by atoms with E-state index in [1.165, 1.54) is 11.1 Å². The highest BCUT2D eigenvalue weighted by atomic mass is 16.2. The molecule has 1 aliphatic rings. The van der Waals surface area contributed by atoms with Crippen molar-refractivity contribution in [1.29, 1.82) is 0 Å². The van der Waals surface area contributed by atoms with E-state index < -0.39 is 0 Å². The van der Waals surface area contributed by atoms with Gasteiger partial charge in [0.25, 0.3) is 0 Å². The van der Waals surface area contributed by atoms with Crippen LogP contribution >= 0.6 is 0 Å². The van der Waals surface area contributed by atoms with Crippen LogP contribution in [-0.2, 0) is 11.2 Å². The van der Waals surface area contributed by atoms with Crippen molar-refractivity contribution in [3.05, 3.63) is 65.7 Å². The van der Waals surface area contributed by atoms with Crippen LogP contribution in [0.2, 0.25) is 0 Å². The van der Waals surface area contributed by atoms with Gasteiger partial charge in [0.1, 0.15) is 0 Å². The van der Waals surface area contributed by atoms with Crippen molar-refractivity contribution in [2.75, 3.05) is 25.0 Å². The van der Waals surface area contributed by atoms with E-state index in [2.05, 4.69) is 40.7 Å². The lowest BCUT2D eigenvalue weighted by Gasteiger charge is -2.19. The Morgan fingerprint density at radius 1 is 1.15 bits per heavy atom. The summed E-state index contributed by atoms with van der Waals surface area (Å²) in [5.74, 6) is 0.952. The van der Waals surface area contributed by atoms with Crippen LogP contribution in [0.3, 0.4) is 0 Å². The number of anilines is 1. The lowest BCUT2D eigenvalue weighted by Crippen LogP contribution is -2.39. The average molecular weight is 364 g/mol. The zero-order valence-electron chi connectivity index (χ0n) is 16.1. The number of nitrogens with zero attached hydrogens (tertiary/aromatic N) is 2. The molecule has 2 aromatic carbocycles. The number of hydrogen-bond donors (Lipinski definition) is 2. The smallest absolute Gasteiger partial charge is 0.227 e. The molecule has 2 N–H and O–H groups in total. The van der Waals surface area contributed by atoms with Gasteiger partial charge in [-0.05, 0) is 37.0 Å². The topological polar surface area (TPSA) is 56.7 Å². The molecule has 1 heterocycles. The number of nitrogens with one attached hydrogen (secondary N) is 2. The first-order chi connectivity index (χ1) is 13.2. The van der Waals surface area contributed by atoms with Crippen molar-refractivity contribution in [3.8, 4) is 0 Å². The van der Waals surface area contributed by atoms with Crippen molar-refractivity contribution in [1.82, 2.24) is 10.6 Å². The van der Waals surface area contributed by atoms with E-state index in [9.17, 15) is 4.79 Å². The summed E-state index contributed by atoms with van der Waals surface area (Å²) < 4.78 is 0. The van der Waals surface area contributed by atoms with Gasteiger partial charge >= 0.3 is 0 Å². The number of amides is 1. The third-order valence-corrected chi connectivity index (χ3v) is 4.92. The SMILES string of the molecule is CN=C(NCCCC(=O)N1CCc2ccccc21)NC(C)c1ccccc1. The normalized spacial score (nSPS) is 14.6. The molecule has 0 fully saturated rings. The Hall–Kier alpha value is -2.82. The maximum atomic E-state index is 12.5. The van der Waals surface area contributed by atoms with E-state index in [0.29, 0.717) is 13.0 Å². The Kier molecular flexibility index (Phi) is 6.47. The molecule has 0 aromatic heterocycles. The molecule has 0 saturated heterocycles. The first kappa shape index (κ1) is 19.0. The fraction of sp³-hybridized carbons (Fsp3) is 0.364. The molecule has 142 valence electrons. The van der Waals surface area contributed by atoms with Crippen LogP contribution < -0.4 is 15.5 Å². The number of para-hydroxylation sites is 1. The Bertz CT molecular complexity index is 788. The van der Waals surface area contributed by atoms with Gasteiger partial charge in [-0.25, -0.2) is 0 Å². The first-order valence-corrected chi connectivity index (χ1v) is 9.59. The fourth-order valence-corrected chi connectivity index (χ4v) is 3.40. The highest BCUT2D eigenvalue weighted by Crippen LogP contribution is 2.27. The van der Waals surface area contributed by atoms with Gasteiger partial charge in [-0.15, -0.1) is 0 Å². The zero-order valence-corrected chi connectivity index (χ0v) is 16.1. The standard InChI is InChI=1S/C22H28N4O/c1-17(18-9-4-3-5-10-18)25-22(23-2)24-15-8-13-21(27)26-16-14-19-11-6-7-12-20(19)26/h3-7,9-12,17H,8,13-16H2,1-2H3,(H2,23,24,25). The number of aliphatic imine (C=N–C) groups is 1. The van der Waals surface area contributed by atoms with Crippen LogP contribution in [0.15, 0.2) is 59.6 Å². The lowest BCUT2D eigenvalue weighted by atomic mass is 10.1. The van der Waals surface area contributed by atoms with Gasteiger partial charge in [-0.2, -0.15) is 0 Å². The second-order valence-electron chi connectivity index (χ2n) is 6.80. The summed E-state index contributed by atoms with van der Waals surface area (Å²) in [5, 5.41) is 6.69. The molecular weight excluding hydrogens is 336 g/mol. The van der Waals surface area contributed by atoms with Crippen molar-refractivity contribution in [2.24, 2.45) is 4.99 Å². The monoisotopic (exact) mass is 364 g/mol. The number of carbonyl (C=O) groups is 1. The van der Waals surface area contributed by atoms with Crippen LogP contribution in [0.4, 0.5) is 5.69 Å². The van der Waals surface area contributed by atoms with Gasteiger partial charge in [0.15, 0.2) is 5.96 Å². The number of rotatable bonds is 6. The fourth-order valence-electron chi connectivity index (χ4n) is 3.40. The van der Waals surface area contributed by atoms with Gasteiger partial charge in [0, 0.05) is 32.2 Å². The molecule has 1 atom stereocenters. The second-order valence-corrected chi connectivity index (χ2v) is 6.80. The Balaban J connectivity index is 1.42. The molecular formula is C22H28N4O. The minimum Gasteiger partial charge on any atom is -0.356 e. The first-order valence-electron chi connectivity index (χ1n) is 9.59. The molecule has 0 radical (unpaired) electrons. The molecule has 0 aliphatic carbocycles. The molecule has 0 spiro atoms. The molecule has 5 heteroatoms. The van der Waals surface area contributed by atoms with E-state index in [0.717, 1.165) is 31.0 Å². The van der Waals surface area contributed by atoms with Crippen LogP contribution in [0.5, 0.6) is 0 Å². The quantitative estimate of drug-likeness (QED) is 0.470. The average Bonchev–Trinajstić information content (AvgIpc) is 3.15. The van der Waals surface area contributed by atoms with Crippen LogP contribution in [0.1, 0.15) is 36.9 Å². The summed E-state index contributed by atoms with van der Waals surface area (Å²) in [4.78, 5) is 18.7. The van der Waals surface area contributed by atoms with Gasteiger partial charge < -0.3 is 15.5 Å². The predicted molar refractivity (Wildman–Crippen MR) is 111 cm³/mol. The number of guanidine groups is 1. The molecule has 1 amide bonds. The summed E-state index contributed by atoms with van der Waals surface area (Å²) in [6, 6.07) is 18.6. The third-order valence-electron chi connectivity index (χ3n) is 4.92. The van der Waals surface area contributed by atoms with Crippen LogP contribution in [0, 0.1) is 0 Å². The summed E-state index contributed by atoms with van der Waals surface area (Å²) in [6.45, 7) is 3.61. The molecule has 1 aliphatic heterocycles. The molecule has 2 aromatic rings. The summed E-state index contributed by atoms with van der Waals surface area (Å²) in [6.07, 6.45) is 2.26. The molecule has 5 nitrogen and oxygen atoms in total. The molecule has 3 rings (SSSR count). The highest BCUT2D eigenvalue weighted by molar-refractivity contribution is 5.95. The zero-order chi connectivity index (χ0) is 19.1. The summed E-state index contributed by atoms with van der Waals surface area (Å²) >= 11 is 0. The van der Waals surface area contributed by atoms with Crippen LogP contribution in [-0.4, -0.2) is 32.0 Å². The maximum absolute atomic E-state index is 12.5. The van der Waals surface area contributed by atoms with Gasteiger partial charge in [0.05, 0.1) is 6.04 Å². The van der Waals surface area contributed by atoms with Crippen LogP contribution in [0.25, 0.3) is 0 Å². The largest absolute Gasteiger partial charge is 0.356 e. The molecule has 27 heavy (non-hydrogen) atoms. The number of carbonyl (C=O) groups excluding carboxylic acids is 1. The van der Waals surface area contributed by atoms with E-state index >= 15 is 0 Å². The Morgan fingerprint density at radius 2 is 1.89 bits per heavy atom. The van der Waals surface area contributed by atoms with Crippen molar-refractivity contribution < 1.29 is 4.79 Å². The van der Waals surface area contributed by atoms with E-state index in [4.69, 9.17) is 0 Å². The summed E-state index contributed by atoms with van der Waals surface area (Å²) in [5.41, 5.74) is 3.55. The van der Waals surface area contributed by atoms with E-state index in [1.807, 2.05) is 41.3 Å². The predicted octanol–water partition coefficient (Wildman–Crippen LogP) is 3.28. The number of fused-ring (bicyclic) bond motifs is 1. The second kappa shape index (κ2) is 9.21. The van der Waals surface area contributed by atoms with E-state index in [-0.39, 0.29) is 11.9 Å². The van der Waals surface area contributed by atoms with Gasteiger partial charge in [-0.3, -0.25) is 9.79 Å². The minimum absolute atomic E-state index is 0.167. The van der Waals surface area contributed by atoms with E-state index in [1.54, 1.807) is 7.05 Å². The molecule has 0 saturated carbocycles. The Labute approximate surface area is 161 Å². The number of benzene rings is 2. The summed E-state index contributed by atoms with van der Waals surface area (Å²) in [7, 11) is 1.76. The molecule has 1 unspecified atom stereocenters. The van der Waals surface area contributed by atoms with Crippen molar-refractivity contribution in [3.63, 3.8) is 0 Å². The molecule has 0 bridgehead atoms. The highest BCUT2D eigenvalue weighted by Gasteiger charge is 2.23. The van der Waals surface area contributed by atoms with Gasteiger partial charge in [0.2, 0.25) is 5.91 Å². The maximum Gasteiger partial charge on any atom is 0.227 e. The minimum atomic E-state index is 0.167. The Morgan fingerprint density at radius 3 is 2.67 bits per heavy atom. The van der Waals surface area contributed by atoms with Crippen molar-refractivity contribution in [2.45, 2.75) is 32.2 Å². The lowest BCUT2D eigenvalue weighted by molar-refractivity contribution is -0.118. The van der Waals surface area contributed by atoms with Crippen molar-refractivity contribution >= 4 is 17.6 Å².